The Morgan fingerprint density at radius 3 is 2.96 bits per heavy atom. The summed E-state index contributed by atoms with van der Waals surface area (Å²) in [4.78, 5) is 13.4. The van der Waals surface area contributed by atoms with Crippen LogP contribution >= 0.6 is 0 Å². The largest absolute Gasteiger partial charge is 0.496 e. The average molecular weight is 333 g/mol. The van der Waals surface area contributed by atoms with Gasteiger partial charge in [0.25, 0.3) is 0 Å². The molecule has 128 valence electrons. The summed E-state index contributed by atoms with van der Waals surface area (Å²) in [6.07, 6.45) is 2.98. The van der Waals surface area contributed by atoms with Gasteiger partial charge in [0.05, 0.1) is 25.3 Å². The summed E-state index contributed by atoms with van der Waals surface area (Å²) in [5.74, 6) is -0.408. The Labute approximate surface area is 139 Å². The number of aliphatic carboxylic acids is 1. The molecule has 1 aliphatic rings. The highest BCUT2D eigenvalue weighted by Crippen LogP contribution is 2.37. The van der Waals surface area contributed by atoms with Crippen LogP contribution in [0, 0.1) is 11.7 Å². The highest BCUT2D eigenvalue weighted by molar-refractivity contribution is 5.70. The molecule has 3 rings (SSSR count). The van der Waals surface area contributed by atoms with Crippen LogP contribution in [0.2, 0.25) is 0 Å². The predicted molar refractivity (Wildman–Crippen MR) is 85.4 cm³/mol. The lowest BCUT2D eigenvalue weighted by Gasteiger charge is -2.36. The van der Waals surface area contributed by atoms with Crippen molar-refractivity contribution in [2.24, 2.45) is 5.92 Å². The van der Waals surface area contributed by atoms with E-state index in [1.54, 1.807) is 18.4 Å². The highest BCUT2D eigenvalue weighted by atomic mass is 19.1. The predicted octanol–water partition coefficient (Wildman–Crippen LogP) is 3.31. The number of nitrogens with zero attached hydrogens (tertiary/aromatic N) is 1. The number of carbonyl (C=O) groups is 1. The van der Waals surface area contributed by atoms with Crippen molar-refractivity contribution < 1.29 is 23.4 Å². The van der Waals surface area contributed by atoms with Gasteiger partial charge in [-0.05, 0) is 49.7 Å². The lowest BCUT2D eigenvalue weighted by atomic mass is 9.93. The summed E-state index contributed by atoms with van der Waals surface area (Å²) in [6, 6.07) is 7.56. The van der Waals surface area contributed by atoms with Gasteiger partial charge in [-0.15, -0.1) is 0 Å². The fourth-order valence-corrected chi connectivity index (χ4v) is 3.34. The van der Waals surface area contributed by atoms with Crippen LogP contribution < -0.4 is 4.74 Å². The Morgan fingerprint density at radius 1 is 1.46 bits per heavy atom. The number of hydrogen-bond acceptors (Lipinski definition) is 4. The SMILES string of the molecule is COc1ccc(F)cc1C(c1ccco1)N1CCCC(C(=O)O)C1. The second-order valence-corrected chi connectivity index (χ2v) is 5.98. The molecule has 0 aliphatic carbocycles. The molecular weight excluding hydrogens is 313 g/mol. The van der Waals surface area contributed by atoms with Gasteiger partial charge in [-0.2, -0.15) is 0 Å². The molecule has 1 saturated heterocycles. The van der Waals surface area contributed by atoms with Crippen molar-refractivity contribution >= 4 is 5.97 Å². The van der Waals surface area contributed by atoms with E-state index < -0.39 is 11.9 Å². The lowest BCUT2D eigenvalue weighted by molar-refractivity contribution is -0.143. The smallest absolute Gasteiger partial charge is 0.307 e. The molecule has 2 aromatic rings. The molecule has 1 fully saturated rings. The quantitative estimate of drug-likeness (QED) is 0.909. The van der Waals surface area contributed by atoms with E-state index in [9.17, 15) is 14.3 Å². The average Bonchev–Trinajstić information content (AvgIpc) is 3.10. The Hall–Kier alpha value is -2.34. The van der Waals surface area contributed by atoms with E-state index in [0.717, 1.165) is 13.0 Å². The molecule has 2 atom stereocenters. The first-order chi connectivity index (χ1) is 11.6. The van der Waals surface area contributed by atoms with Gasteiger partial charge in [0.1, 0.15) is 17.3 Å². The minimum atomic E-state index is -0.802. The fourth-order valence-electron chi connectivity index (χ4n) is 3.34. The van der Waals surface area contributed by atoms with Gasteiger partial charge >= 0.3 is 5.97 Å². The number of halogens is 1. The molecule has 5 nitrogen and oxygen atoms in total. The van der Waals surface area contributed by atoms with E-state index >= 15 is 0 Å². The minimum absolute atomic E-state index is 0.367. The van der Waals surface area contributed by atoms with E-state index in [-0.39, 0.29) is 11.9 Å². The summed E-state index contributed by atoms with van der Waals surface area (Å²) in [5, 5.41) is 9.35. The summed E-state index contributed by atoms with van der Waals surface area (Å²) in [6.45, 7) is 1.11. The zero-order valence-corrected chi connectivity index (χ0v) is 13.4. The lowest BCUT2D eigenvalue weighted by Crippen LogP contribution is -2.41. The first-order valence-electron chi connectivity index (χ1n) is 7.94. The zero-order chi connectivity index (χ0) is 17.1. The van der Waals surface area contributed by atoms with Crippen LogP contribution in [-0.4, -0.2) is 36.2 Å². The second kappa shape index (κ2) is 7.05. The number of carboxylic acid groups (broad SMARTS) is 1. The van der Waals surface area contributed by atoms with Crippen LogP contribution in [0.25, 0.3) is 0 Å². The molecule has 0 spiro atoms. The van der Waals surface area contributed by atoms with Gasteiger partial charge < -0.3 is 14.3 Å². The summed E-state index contributed by atoms with van der Waals surface area (Å²) < 4.78 is 24.8. The Balaban J connectivity index is 2.02. The van der Waals surface area contributed by atoms with Gasteiger partial charge in [-0.1, -0.05) is 0 Å². The van der Waals surface area contributed by atoms with Gasteiger partial charge in [0, 0.05) is 12.1 Å². The molecule has 6 heteroatoms. The minimum Gasteiger partial charge on any atom is -0.496 e. The van der Waals surface area contributed by atoms with Gasteiger partial charge in [-0.25, -0.2) is 4.39 Å². The van der Waals surface area contributed by atoms with E-state index in [1.807, 2.05) is 11.0 Å². The van der Waals surface area contributed by atoms with Crippen LogP contribution in [0.15, 0.2) is 41.0 Å². The van der Waals surface area contributed by atoms with Gasteiger partial charge in [-0.3, -0.25) is 9.69 Å². The number of rotatable bonds is 5. The number of ether oxygens (including phenoxy) is 1. The maximum absolute atomic E-state index is 13.9. The maximum Gasteiger partial charge on any atom is 0.307 e. The topological polar surface area (TPSA) is 62.9 Å². The monoisotopic (exact) mass is 333 g/mol. The molecule has 1 aromatic heterocycles. The van der Waals surface area contributed by atoms with Crippen molar-refractivity contribution in [2.45, 2.75) is 18.9 Å². The second-order valence-electron chi connectivity index (χ2n) is 5.98. The zero-order valence-electron chi connectivity index (χ0n) is 13.4. The third-order valence-electron chi connectivity index (χ3n) is 4.47. The molecule has 0 saturated carbocycles. The van der Waals surface area contributed by atoms with E-state index in [1.165, 1.54) is 19.2 Å². The number of likely N-dealkylation sites (tertiary alicyclic amines) is 1. The molecule has 2 heterocycles. The Kier molecular flexibility index (Phi) is 4.85. The summed E-state index contributed by atoms with van der Waals surface area (Å²) in [7, 11) is 1.53. The number of carboxylic acids is 1. The molecule has 0 bridgehead atoms. The highest BCUT2D eigenvalue weighted by Gasteiger charge is 2.34. The first-order valence-corrected chi connectivity index (χ1v) is 7.94. The summed E-state index contributed by atoms with van der Waals surface area (Å²) in [5.41, 5.74) is 0.637. The third kappa shape index (κ3) is 3.28. The molecule has 0 amide bonds. The van der Waals surface area contributed by atoms with Crippen molar-refractivity contribution in [3.63, 3.8) is 0 Å². The van der Waals surface area contributed by atoms with Crippen molar-refractivity contribution in [2.75, 3.05) is 20.2 Å². The van der Waals surface area contributed by atoms with E-state index in [2.05, 4.69) is 0 Å². The number of methoxy groups -OCH3 is 1. The molecule has 2 unspecified atom stereocenters. The standard InChI is InChI=1S/C18H20FNO4/c1-23-15-7-6-13(19)10-14(15)17(16-5-3-9-24-16)20-8-2-4-12(11-20)18(21)22/h3,5-7,9-10,12,17H,2,4,8,11H2,1H3,(H,21,22). The van der Waals surface area contributed by atoms with Gasteiger partial charge in [0.2, 0.25) is 0 Å². The van der Waals surface area contributed by atoms with E-state index in [0.29, 0.717) is 30.0 Å². The molecule has 24 heavy (non-hydrogen) atoms. The van der Waals surface area contributed by atoms with Crippen LogP contribution in [0.4, 0.5) is 4.39 Å². The number of furan rings is 1. The molecule has 0 radical (unpaired) electrons. The van der Waals surface area contributed by atoms with Crippen molar-refractivity contribution in [1.29, 1.82) is 0 Å². The molecular formula is C18H20FNO4. The number of hydrogen-bond donors (Lipinski definition) is 1. The Morgan fingerprint density at radius 2 is 2.29 bits per heavy atom. The fraction of sp³-hybridized carbons (Fsp3) is 0.389. The number of piperidine rings is 1. The van der Waals surface area contributed by atoms with Gasteiger partial charge in [0.15, 0.2) is 0 Å². The van der Waals surface area contributed by atoms with E-state index in [4.69, 9.17) is 9.15 Å². The van der Waals surface area contributed by atoms with Crippen LogP contribution in [0.3, 0.4) is 0 Å². The molecule has 1 N–H and O–H groups in total. The van der Waals surface area contributed by atoms with Crippen molar-refractivity contribution in [3.8, 4) is 5.75 Å². The maximum atomic E-state index is 13.9. The summed E-state index contributed by atoms with van der Waals surface area (Å²) >= 11 is 0. The third-order valence-corrected chi connectivity index (χ3v) is 4.47. The van der Waals surface area contributed by atoms with Crippen LogP contribution in [0.1, 0.15) is 30.2 Å². The molecule has 1 aliphatic heterocycles. The number of benzene rings is 1. The normalized spacial score (nSPS) is 19.8. The van der Waals surface area contributed by atoms with Crippen molar-refractivity contribution in [1.82, 2.24) is 4.90 Å². The van der Waals surface area contributed by atoms with Crippen LogP contribution in [-0.2, 0) is 4.79 Å². The molecule has 1 aromatic carbocycles. The first kappa shape index (κ1) is 16.5. The Bertz CT molecular complexity index is 701. The van der Waals surface area contributed by atoms with Crippen LogP contribution in [0.5, 0.6) is 5.75 Å². The van der Waals surface area contributed by atoms with Crippen molar-refractivity contribution in [3.05, 3.63) is 53.7 Å².